The van der Waals surface area contributed by atoms with Gasteiger partial charge in [0.05, 0.1) is 13.7 Å². The molecule has 0 heterocycles. The molecule has 0 saturated carbocycles. The van der Waals surface area contributed by atoms with Crippen molar-refractivity contribution < 1.29 is 9.47 Å². The molecule has 0 aliphatic rings. The second-order valence-corrected chi connectivity index (χ2v) is 3.65. The molecule has 0 spiro atoms. The molecule has 0 aliphatic carbocycles. The summed E-state index contributed by atoms with van der Waals surface area (Å²) in [6.45, 7) is 4.89. The number of ether oxygens (including phenoxy) is 2. The van der Waals surface area contributed by atoms with Crippen LogP contribution in [-0.4, -0.2) is 13.7 Å². The Hall–Kier alpha value is -1.38. The normalized spacial score (nSPS) is 10.3. The summed E-state index contributed by atoms with van der Waals surface area (Å²) in [6, 6.07) is 5.39. The number of methoxy groups -OCH3 is 1. The molecule has 3 nitrogen and oxygen atoms in total. The van der Waals surface area contributed by atoms with E-state index in [1.807, 2.05) is 6.07 Å². The molecule has 1 aromatic carbocycles. The number of anilines is 1. The largest absolute Gasteiger partial charge is 0.497 e. The SMILES string of the molecule is COc1cc(N)cc(OCC(C)C)c1. The first-order valence-electron chi connectivity index (χ1n) is 4.69. The van der Waals surface area contributed by atoms with Gasteiger partial charge >= 0.3 is 0 Å². The van der Waals surface area contributed by atoms with Crippen molar-refractivity contribution in [3.8, 4) is 11.5 Å². The summed E-state index contributed by atoms with van der Waals surface area (Å²) in [5, 5.41) is 0. The van der Waals surface area contributed by atoms with Gasteiger partial charge in [0.15, 0.2) is 0 Å². The first-order chi connectivity index (χ1) is 6.61. The summed E-state index contributed by atoms with van der Waals surface area (Å²) in [5.74, 6) is 1.99. The minimum Gasteiger partial charge on any atom is -0.497 e. The van der Waals surface area contributed by atoms with Crippen molar-refractivity contribution in [2.75, 3.05) is 19.5 Å². The molecule has 0 unspecified atom stereocenters. The van der Waals surface area contributed by atoms with Crippen LogP contribution in [0.15, 0.2) is 18.2 Å². The fourth-order valence-corrected chi connectivity index (χ4v) is 1.06. The fraction of sp³-hybridized carbons (Fsp3) is 0.455. The molecular weight excluding hydrogens is 178 g/mol. The maximum absolute atomic E-state index is 5.68. The van der Waals surface area contributed by atoms with Crippen molar-refractivity contribution >= 4 is 5.69 Å². The van der Waals surface area contributed by atoms with Gasteiger partial charge in [-0.25, -0.2) is 0 Å². The van der Waals surface area contributed by atoms with Gasteiger partial charge in [0.1, 0.15) is 11.5 Å². The number of rotatable bonds is 4. The van der Waals surface area contributed by atoms with Crippen LogP contribution < -0.4 is 15.2 Å². The molecule has 0 atom stereocenters. The summed E-state index contributed by atoms with van der Waals surface area (Å²) >= 11 is 0. The van der Waals surface area contributed by atoms with Gasteiger partial charge in [-0.1, -0.05) is 13.8 Å². The smallest absolute Gasteiger partial charge is 0.125 e. The number of hydrogen-bond acceptors (Lipinski definition) is 3. The van der Waals surface area contributed by atoms with Crippen molar-refractivity contribution in [1.29, 1.82) is 0 Å². The topological polar surface area (TPSA) is 44.5 Å². The lowest BCUT2D eigenvalue weighted by Crippen LogP contribution is -2.04. The Labute approximate surface area is 84.8 Å². The number of nitrogen functional groups attached to an aromatic ring is 1. The van der Waals surface area contributed by atoms with Gasteiger partial charge in [-0.15, -0.1) is 0 Å². The Morgan fingerprint density at radius 1 is 1.21 bits per heavy atom. The Morgan fingerprint density at radius 3 is 2.43 bits per heavy atom. The van der Waals surface area contributed by atoms with E-state index in [9.17, 15) is 0 Å². The molecule has 0 aliphatic heterocycles. The number of nitrogens with two attached hydrogens (primary N) is 1. The van der Waals surface area contributed by atoms with Gasteiger partial charge in [-0.3, -0.25) is 0 Å². The molecule has 1 rings (SSSR count). The van der Waals surface area contributed by atoms with Crippen LogP contribution in [0.2, 0.25) is 0 Å². The average Bonchev–Trinajstić information content (AvgIpc) is 2.14. The van der Waals surface area contributed by atoms with Crippen molar-refractivity contribution in [3.05, 3.63) is 18.2 Å². The van der Waals surface area contributed by atoms with Crippen LogP contribution in [-0.2, 0) is 0 Å². The van der Waals surface area contributed by atoms with E-state index < -0.39 is 0 Å². The van der Waals surface area contributed by atoms with E-state index in [0.29, 0.717) is 18.2 Å². The second kappa shape index (κ2) is 4.74. The quantitative estimate of drug-likeness (QED) is 0.750. The second-order valence-electron chi connectivity index (χ2n) is 3.65. The van der Waals surface area contributed by atoms with Crippen LogP contribution in [0.3, 0.4) is 0 Å². The van der Waals surface area contributed by atoms with Crippen LogP contribution in [0.4, 0.5) is 5.69 Å². The Bertz CT molecular complexity index is 297. The fourth-order valence-electron chi connectivity index (χ4n) is 1.06. The minimum absolute atomic E-state index is 0.502. The molecule has 0 bridgehead atoms. The van der Waals surface area contributed by atoms with Crippen LogP contribution >= 0.6 is 0 Å². The lowest BCUT2D eigenvalue weighted by atomic mass is 10.2. The molecule has 0 radical (unpaired) electrons. The maximum Gasteiger partial charge on any atom is 0.125 e. The predicted molar refractivity (Wildman–Crippen MR) is 57.7 cm³/mol. The Kier molecular flexibility index (Phi) is 3.63. The number of benzene rings is 1. The molecule has 2 N–H and O–H groups in total. The summed E-state index contributed by atoms with van der Waals surface area (Å²) in [4.78, 5) is 0. The van der Waals surface area contributed by atoms with Crippen LogP contribution in [0, 0.1) is 5.92 Å². The van der Waals surface area contributed by atoms with Gasteiger partial charge in [0.2, 0.25) is 0 Å². The van der Waals surface area contributed by atoms with E-state index in [4.69, 9.17) is 15.2 Å². The molecule has 0 saturated heterocycles. The van der Waals surface area contributed by atoms with Crippen molar-refractivity contribution in [2.45, 2.75) is 13.8 Å². The van der Waals surface area contributed by atoms with Gasteiger partial charge in [-0.2, -0.15) is 0 Å². The molecule has 3 heteroatoms. The maximum atomic E-state index is 5.68. The van der Waals surface area contributed by atoms with Gasteiger partial charge in [0, 0.05) is 23.9 Å². The van der Waals surface area contributed by atoms with Crippen molar-refractivity contribution in [2.24, 2.45) is 5.92 Å². The highest BCUT2D eigenvalue weighted by molar-refractivity contribution is 5.50. The first-order valence-corrected chi connectivity index (χ1v) is 4.69. The monoisotopic (exact) mass is 195 g/mol. The Balaban J connectivity index is 2.71. The molecule has 1 aromatic rings. The minimum atomic E-state index is 0.502. The zero-order valence-corrected chi connectivity index (χ0v) is 8.91. The third-order valence-electron chi connectivity index (χ3n) is 1.72. The van der Waals surface area contributed by atoms with Crippen LogP contribution in [0.25, 0.3) is 0 Å². The van der Waals surface area contributed by atoms with Gasteiger partial charge < -0.3 is 15.2 Å². The highest BCUT2D eigenvalue weighted by Crippen LogP contribution is 2.24. The Morgan fingerprint density at radius 2 is 1.86 bits per heavy atom. The highest BCUT2D eigenvalue weighted by Gasteiger charge is 2.01. The summed E-state index contributed by atoms with van der Waals surface area (Å²) in [5.41, 5.74) is 6.34. The van der Waals surface area contributed by atoms with Gasteiger partial charge in [0.25, 0.3) is 0 Å². The van der Waals surface area contributed by atoms with E-state index in [1.54, 1.807) is 19.2 Å². The average molecular weight is 195 g/mol. The molecule has 14 heavy (non-hydrogen) atoms. The lowest BCUT2D eigenvalue weighted by molar-refractivity contribution is 0.270. The predicted octanol–water partition coefficient (Wildman–Crippen LogP) is 2.31. The molecule has 0 aromatic heterocycles. The lowest BCUT2D eigenvalue weighted by Gasteiger charge is -2.10. The zero-order valence-electron chi connectivity index (χ0n) is 8.91. The van der Waals surface area contributed by atoms with E-state index in [2.05, 4.69) is 13.8 Å². The summed E-state index contributed by atoms with van der Waals surface area (Å²) in [6.07, 6.45) is 0. The van der Waals surface area contributed by atoms with E-state index in [0.717, 1.165) is 11.5 Å². The third-order valence-corrected chi connectivity index (χ3v) is 1.72. The van der Waals surface area contributed by atoms with E-state index in [1.165, 1.54) is 0 Å². The standard InChI is InChI=1S/C11H17NO2/c1-8(2)7-14-11-5-9(12)4-10(6-11)13-3/h4-6,8H,7,12H2,1-3H3. The molecule has 0 amide bonds. The third kappa shape index (κ3) is 3.17. The number of hydrogen-bond donors (Lipinski definition) is 1. The van der Waals surface area contributed by atoms with Crippen molar-refractivity contribution in [1.82, 2.24) is 0 Å². The van der Waals surface area contributed by atoms with Crippen LogP contribution in [0.5, 0.6) is 11.5 Å². The summed E-state index contributed by atoms with van der Waals surface area (Å²) < 4.78 is 10.6. The molecule has 0 fully saturated rings. The molecular formula is C11H17NO2. The van der Waals surface area contributed by atoms with Crippen LogP contribution in [0.1, 0.15) is 13.8 Å². The van der Waals surface area contributed by atoms with Crippen molar-refractivity contribution in [3.63, 3.8) is 0 Å². The summed E-state index contributed by atoms with van der Waals surface area (Å²) in [7, 11) is 1.61. The highest BCUT2D eigenvalue weighted by atomic mass is 16.5. The zero-order chi connectivity index (χ0) is 10.6. The van der Waals surface area contributed by atoms with E-state index in [-0.39, 0.29) is 0 Å². The first kappa shape index (κ1) is 10.7. The molecule has 78 valence electrons. The van der Waals surface area contributed by atoms with E-state index >= 15 is 0 Å². The van der Waals surface area contributed by atoms with Gasteiger partial charge in [-0.05, 0) is 5.92 Å².